The summed E-state index contributed by atoms with van der Waals surface area (Å²) < 4.78 is 29.4. The van der Waals surface area contributed by atoms with E-state index in [1.807, 2.05) is 67.6 Å². The van der Waals surface area contributed by atoms with Gasteiger partial charge in [-0.05, 0) is 55.5 Å². The van der Waals surface area contributed by atoms with Gasteiger partial charge in [-0.15, -0.1) is 11.3 Å². The molecule has 31 heavy (non-hydrogen) atoms. The van der Waals surface area contributed by atoms with Gasteiger partial charge in [0.25, 0.3) is 10.0 Å². The Morgan fingerprint density at radius 1 is 0.806 bits per heavy atom. The lowest BCUT2D eigenvalue weighted by Crippen LogP contribution is -2.13. The zero-order valence-electron chi connectivity index (χ0n) is 16.7. The number of hydrogen-bond donors (Lipinski definition) is 1. The molecule has 6 heteroatoms. The van der Waals surface area contributed by atoms with E-state index in [2.05, 4.69) is 16.6 Å². The summed E-state index contributed by atoms with van der Waals surface area (Å²) in [4.78, 5) is 2.04. The number of para-hydroxylation sites is 1. The van der Waals surface area contributed by atoms with Gasteiger partial charge in [0.05, 0.1) is 19.7 Å². The minimum Gasteiger partial charge on any atom is -0.278 e. The van der Waals surface area contributed by atoms with Crippen LogP contribution in [-0.4, -0.2) is 8.42 Å². The topological polar surface area (TPSA) is 46.2 Å². The number of sulfonamides is 1. The summed E-state index contributed by atoms with van der Waals surface area (Å²) in [5.41, 5.74) is 2.54. The number of anilines is 1. The summed E-state index contributed by atoms with van der Waals surface area (Å²) in [6.45, 7) is 1.93. The van der Waals surface area contributed by atoms with Gasteiger partial charge in [-0.3, -0.25) is 4.72 Å². The van der Waals surface area contributed by atoms with Crippen molar-refractivity contribution < 1.29 is 8.42 Å². The van der Waals surface area contributed by atoms with E-state index in [0.29, 0.717) is 5.69 Å². The van der Waals surface area contributed by atoms with Crippen molar-refractivity contribution >= 4 is 38.8 Å². The van der Waals surface area contributed by atoms with Crippen LogP contribution < -0.4 is 4.72 Å². The normalized spacial score (nSPS) is 10.9. The van der Waals surface area contributed by atoms with Gasteiger partial charge in [-0.1, -0.05) is 71.6 Å². The average Bonchev–Trinajstić information content (AvgIpc) is 3.22. The fraction of sp³-hybridized carbons (Fsp3) is 0.0400. The summed E-state index contributed by atoms with van der Waals surface area (Å²) in [7, 11) is -3.66. The third-order valence-electron chi connectivity index (χ3n) is 4.36. The monoisotopic (exact) mass is 461 g/mol. The molecule has 154 valence electrons. The molecule has 0 bridgehead atoms. The van der Waals surface area contributed by atoms with E-state index in [1.54, 1.807) is 41.7 Å². The van der Waals surface area contributed by atoms with Crippen LogP contribution in [-0.2, 0) is 10.0 Å². The number of thiophene rings is 1. The third-order valence-corrected chi connectivity index (χ3v) is 7.95. The van der Waals surface area contributed by atoms with Crippen molar-refractivity contribution in [2.45, 2.75) is 20.9 Å². The minimum absolute atomic E-state index is 0.243. The summed E-state index contributed by atoms with van der Waals surface area (Å²) in [6, 6.07) is 28.1. The second-order valence-corrected chi connectivity index (χ2v) is 10.9. The minimum atomic E-state index is -3.66. The van der Waals surface area contributed by atoms with Crippen LogP contribution in [0.2, 0.25) is 0 Å². The van der Waals surface area contributed by atoms with Crippen molar-refractivity contribution in [3.8, 4) is 11.8 Å². The molecule has 0 spiro atoms. The summed E-state index contributed by atoms with van der Waals surface area (Å²) in [6.07, 6.45) is 0. The standard InChI is InChI=1S/C25H19NO2S3/c1-19-11-16-22(17-12-19)31(27,28)26-23-9-5-6-10-24(23)30-25-18-15-21(29-25)14-13-20-7-3-2-4-8-20/h2-12,15-18,26H,1H3. The van der Waals surface area contributed by atoms with Gasteiger partial charge in [0.15, 0.2) is 0 Å². The van der Waals surface area contributed by atoms with Gasteiger partial charge >= 0.3 is 0 Å². The first kappa shape index (κ1) is 21.3. The summed E-state index contributed by atoms with van der Waals surface area (Å²) >= 11 is 3.10. The average molecular weight is 462 g/mol. The van der Waals surface area contributed by atoms with Gasteiger partial charge in [0, 0.05) is 10.5 Å². The molecule has 3 aromatic carbocycles. The van der Waals surface area contributed by atoms with E-state index in [-0.39, 0.29) is 4.90 Å². The molecule has 0 saturated heterocycles. The zero-order chi connectivity index (χ0) is 21.7. The highest BCUT2D eigenvalue weighted by Gasteiger charge is 2.16. The van der Waals surface area contributed by atoms with Crippen molar-refractivity contribution in [3.05, 3.63) is 107 Å². The second-order valence-electron chi connectivity index (χ2n) is 6.75. The van der Waals surface area contributed by atoms with E-state index in [0.717, 1.165) is 25.1 Å². The molecule has 0 aliphatic heterocycles. The number of benzene rings is 3. The SMILES string of the molecule is Cc1ccc(S(=O)(=O)Nc2ccccc2Sc2ccc(C#Cc3ccccc3)s2)cc1. The van der Waals surface area contributed by atoms with Gasteiger partial charge in [0.2, 0.25) is 0 Å². The van der Waals surface area contributed by atoms with Crippen molar-refractivity contribution in [2.75, 3.05) is 4.72 Å². The lowest BCUT2D eigenvalue weighted by atomic mass is 10.2. The van der Waals surface area contributed by atoms with Crippen LogP contribution in [0.15, 0.2) is 105 Å². The molecule has 0 radical (unpaired) electrons. The van der Waals surface area contributed by atoms with Crippen LogP contribution in [0, 0.1) is 18.8 Å². The maximum Gasteiger partial charge on any atom is 0.261 e. The third kappa shape index (κ3) is 5.59. The molecule has 0 atom stereocenters. The Morgan fingerprint density at radius 2 is 1.52 bits per heavy atom. The van der Waals surface area contributed by atoms with E-state index in [4.69, 9.17) is 0 Å². The molecular formula is C25H19NO2S3. The highest BCUT2D eigenvalue weighted by Crippen LogP contribution is 2.37. The van der Waals surface area contributed by atoms with Crippen molar-refractivity contribution in [3.63, 3.8) is 0 Å². The number of rotatable bonds is 5. The van der Waals surface area contributed by atoms with Crippen LogP contribution >= 0.6 is 23.1 Å². The maximum atomic E-state index is 12.8. The highest BCUT2D eigenvalue weighted by molar-refractivity contribution is 8.01. The van der Waals surface area contributed by atoms with Crippen LogP contribution in [0.3, 0.4) is 0 Å². The number of nitrogens with one attached hydrogen (secondary N) is 1. The molecule has 0 amide bonds. The largest absolute Gasteiger partial charge is 0.278 e. The number of aryl methyl sites for hydroxylation is 1. The fourth-order valence-corrected chi connectivity index (χ4v) is 5.94. The smallest absolute Gasteiger partial charge is 0.261 e. The van der Waals surface area contributed by atoms with Crippen LogP contribution in [0.1, 0.15) is 16.0 Å². The Labute approximate surface area is 191 Å². The van der Waals surface area contributed by atoms with Crippen LogP contribution in [0.25, 0.3) is 0 Å². The van der Waals surface area contributed by atoms with E-state index >= 15 is 0 Å². The van der Waals surface area contributed by atoms with Crippen LogP contribution in [0.4, 0.5) is 5.69 Å². The predicted molar refractivity (Wildman–Crippen MR) is 129 cm³/mol. The van der Waals surface area contributed by atoms with Crippen molar-refractivity contribution in [1.29, 1.82) is 0 Å². The fourth-order valence-electron chi connectivity index (χ4n) is 2.77. The van der Waals surface area contributed by atoms with Gasteiger partial charge < -0.3 is 0 Å². The summed E-state index contributed by atoms with van der Waals surface area (Å²) in [5, 5.41) is 0. The summed E-state index contributed by atoms with van der Waals surface area (Å²) in [5.74, 6) is 6.35. The first-order chi connectivity index (χ1) is 15.0. The molecule has 4 aromatic rings. The Morgan fingerprint density at radius 3 is 2.29 bits per heavy atom. The Hall–Kier alpha value is -2.98. The molecule has 3 nitrogen and oxygen atoms in total. The predicted octanol–water partition coefficient (Wildman–Crippen LogP) is 6.41. The van der Waals surface area contributed by atoms with Crippen molar-refractivity contribution in [1.82, 2.24) is 0 Å². The van der Waals surface area contributed by atoms with Gasteiger partial charge in [-0.25, -0.2) is 8.42 Å². The Kier molecular flexibility index (Phi) is 6.47. The molecule has 0 unspecified atom stereocenters. The lowest BCUT2D eigenvalue weighted by molar-refractivity contribution is 0.601. The quantitative estimate of drug-likeness (QED) is 0.349. The zero-order valence-corrected chi connectivity index (χ0v) is 19.2. The molecule has 1 aromatic heterocycles. The molecule has 4 rings (SSSR count). The van der Waals surface area contributed by atoms with Gasteiger partial charge in [-0.2, -0.15) is 0 Å². The van der Waals surface area contributed by atoms with Gasteiger partial charge in [0.1, 0.15) is 0 Å². The molecule has 1 heterocycles. The van der Waals surface area contributed by atoms with Crippen LogP contribution in [0.5, 0.6) is 0 Å². The lowest BCUT2D eigenvalue weighted by Gasteiger charge is -2.12. The first-order valence-corrected chi connectivity index (χ1v) is 12.6. The molecule has 0 aliphatic rings. The Bertz CT molecular complexity index is 1350. The molecule has 0 fully saturated rings. The van der Waals surface area contributed by atoms with E-state index < -0.39 is 10.0 Å². The van der Waals surface area contributed by atoms with E-state index in [1.165, 1.54) is 11.8 Å². The maximum absolute atomic E-state index is 12.8. The first-order valence-electron chi connectivity index (χ1n) is 9.53. The van der Waals surface area contributed by atoms with Crippen molar-refractivity contribution in [2.24, 2.45) is 0 Å². The second kappa shape index (κ2) is 9.44. The van der Waals surface area contributed by atoms with E-state index in [9.17, 15) is 8.42 Å². The number of hydrogen-bond acceptors (Lipinski definition) is 4. The molecule has 0 saturated carbocycles. The highest BCUT2D eigenvalue weighted by atomic mass is 32.2. The molecule has 1 N–H and O–H groups in total. The molecular weight excluding hydrogens is 442 g/mol. The Balaban J connectivity index is 1.53. The molecule has 0 aliphatic carbocycles.